The van der Waals surface area contributed by atoms with Gasteiger partial charge in [0.2, 0.25) is 5.91 Å². The van der Waals surface area contributed by atoms with Gasteiger partial charge in [-0.2, -0.15) is 0 Å². The van der Waals surface area contributed by atoms with Crippen molar-refractivity contribution < 1.29 is 31.9 Å². The van der Waals surface area contributed by atoms with Gasteiger partial charge in [0, 0.05) is 17.5 Å². The number of nitrogens with one attached hydrogen (secondary N) is 1. The van der Waals surface area contributed by atoms with Crippen LogP contribution in [0, 0.1) is 0 Å². The van der Waals surface area contributed by atoms with Crippen molar-refractivity contribution in [2.24, 2.45) is 4.99 Å². The molecular weight excluding hydrogens is 449 g/mol. The molecule has 32 heavy (non-hydrogen) atoms. The molecule has 0 saturated heterocycles. The predicted octanol–water partition coefficient (Wildman–Crippen LogP) is 4.11. The van der Waals surface area contributed by atoms with Gasteiger partial charge < -0.3 is 14.5 Å². The maximum Gasteiger partial charge on any atom is 0.573 e. The first kappa shape index (κ1) is 21.6. The summed E-state index contributed by atoms with van der Waals surface area (Å²) in [5.41, 5.74) is 0.120. The number of aliphatic imine (C=N–C) groups is 1. The van der Waals surface area contributed by atoms with Crippen LogP contribution in [-0.4, -0.2) is 28.5 Å². The number of carbonyl (C=O) groups is 2. The molecule has 164 valence electrons. The van der Waals surface area contributed by atoms with E-state index in [0.29, 0.717) is 11.0 Å². The molecule has 11 heteroatoms. The Bertz CT molecular complexity index is 1290. The van der Waals surface area contributed by atoms with E-state index in [1.165, 1.54) is 12.1 Å². The van der Waals surface area contributed by atoms with Gasteiger partial charge in [-0.15, -0.1) is 13.2 Å². The van der Waals surface area contributed by atoms with Crippen LogP contribution in [0.3, 0.4) is 0 Å². The van der Waals surface area contributed by atoms with Gasteiger partial charge in [-0.05, 0) is 36.4 Å². The zero-order valence-corrected chi connectivity index (χ0v) is 16.8. The van der Waals surface area contributed by atoms with Crippen LogP contribution < -0.4 is 15.7 Å². The van der Waals surface area contributed by atoms with Gasteiger partial charge in [0.15, 0.2) is 0 Å². The summed E-state index contributed by atoms with van der Waals surface area (Å²) in [6, 6.07) is 13.1. The molecule has 0 spiro atoms. The number of hydrogen-bond donors (Lipinski definition) is 1. The van der Waals surface area contributed by atoms with E-state index in [9.17, 15) is 27.6 Å². The van der Waals surface area contributed by atoms with Gasteiger partial charge in [0.1, 0.15) is 21.6 Å². The van der Waals surface area contributed by atoms with Crippen LogP contribution >= 0.6 is 11.8 Å². The monoisotopic (exact) mass is 462 g/mol. The summed E-state index contributed by atoms with van der Waals surface area (Å²) in [6.45, 7) is 0. The van der Waals surface area contributed by atoms with E-state index >= 15 is 0 Å². The number of amides is 2. The van der Waals surface area contributed by atoms with Crippen LogP contribution in [0.25, 0.3) is 11.0 Å². The summed E-state index contributed by atoms with van der Waals surface area (Å²) >= 11 is 0.977. The van der Waals surface area contributed by atoms with Crippen molar-refractivity contribution >= 4 is 45.3 Å². The van der Waals surface area contributed by atoms with Crippen molar-refractivity contribution in [2.45, 2.75) is 18.0 Å². The smallest absolute Gasteiger partial charge is 0.422 e. The van der Waals surface area contributed by atoms with Crippen molar-refractivity contribution in [1.82, 2.24) is 0 Å². The topological polar surface area (TPSA) is 98.0 Å². The van der Waals surface area contributed by atoms with Crippen molar-refractivity contribution in [3.05, 3.63) is 70.6 Å². The number of alkyl halides is 3. The van der Waals surface area contributed by atoms with Crippen molar-refractivity contribution in [2.75, 3.05) is 5.32 Å². The number of ether oxygens (including phenoxy) is 1. The van der Waals surface area contributed by atoms with Gasteiger partial charge in [-0.1, -0.05) is 30.0 Å². The van der Waals surface area contributed by atoms with E-state index < -0.39 is 34.8 Å². The molecule has 0 saturated carbocycles. The molecule has 0 unspecified atom stereocenters. The van der Waals surface area contributed by atoms with Crippen LogP contribution in [0.1, 0.15) is 12.0 Å². The number of benzene rings is 2. The average Bonchev–Trinajstić information content (AvgIpc) is 3.07. The van der Waals surface area contributed by atoms with Crippen LogP contribution in [0.5, 0.6) is 5.75 Å². The molecule has 2 heterocycles. The van der Waals surface area contributed by atoms with Crippen LogP contribution in [0.4, 0.5) is 18.9 Å². The summed E-state index contributed by atoms with van der Waals surface area (Å²) < 4.78 is 45.6. The molecule has 0 radical (unpaired) electrons. The maximum atomic E-state index is 12.3. The van der Waals surface area contributed by atoms with Gasteiger partial charge >= 0.3 is 12.0 Å². The maximum absolute atomic E-state index is 12.3. The minimum atomic E-state index is -4.81. The Balaban J connectivity index is 1.40. The first-order chi connectivity index (χ1) is 15.2. The number of halogens is 3. The second-order valence-electron chi connectivity index (χ2n) is 6.67. The fourth-order valence-corrected chi connectivity index (χ4v) is 4.04. The molecule has 2 amide bonds. The van der Waals surface area contributed by atoms with Gasteiger partial charge in [0.05, 0.1) is 5.56 Å². The molecule has 1 aromatic heterocycles. The Kier molecular flexibility index (Phi) is 5.74. The summed E-state index contributed by atoms with van der Waals surface area (Å²) in [6.07, 6.45) is -5.05. The van der Waals surface area contributed by atoms with Crippen molar-refractivity contribution in [3.8, 4) is 5.75 Å². The summed E-state index contributed by atoms with van der Waals surface area (Å²) in [5.74, 6) is -1.53. The lowest BCUT2D eigenvalue weighted by molar-refractivity contribution is -0.274. The van der Waals surface area contributed by atoms with Crippen molar-refractivity contribution in [1.29, 1.82) is 0 Å². The number of anilines is 1. The lowest BCUT2D eigenvalue weighted by Gasteiger charge is -2.11. The molecule has 1 atom stereocenters. The minimum absolute atomic E-state index is 0.130. The molecule has 1 aliphatic heterocycles. The van der Waals surface area contributed by atoms with Crippen LogP contribution in [-0.2, 0) is 9.59 Å². The Morgan fingerprint density at radius 3 is 2.56 bits per heavy atom. The fourth-order valence-electron chi connectivity index (χ4n) is 2.97. The number of fused-ring (bicyclic) bond motifs is 1. The Morgan fingerprint density at radius 2 is 1.84 bits per heavy atom. The van der Waals surface area contributed by atoms with Crippen molar-refractivity contribution in [3.63, 3.8) is 0 Å². The molecule has 0 fully saturated rings. The molecule has 1 N–H and O–H groups in total. The molecule has 1 aliphatic rings. The molecular formula is C21H13F3N2O5S. The van der Waals surface area contributed by atoms with Gasteiger partial charge in [-0.3, -0.25) is 9.59 Å². The van der Waals surface area contributed by atoms with Crippen LogP contribution in [0.15, 0.2) is 68.8 Å². The minimum Gasteiger partial charge on any atom is -0.422 e. The molecule has 3 aromatic rings. The molecule has 0 bridgehead atoms. The quantitative estimate of drug-likeness (QED) is 0.573. The lowest BCUT2D eigenvalue weighted by Crippen LogP contribution is -2.21. The van der Waals surface area contributed by atoms with E-state index in [1.54, 1.807) is 30.3 Å². The third-order valence-corrected chi connectivity index (χ3v) is 5.54. The van der Waals surface area contributed by atoms with Gasteiger partial charge in [0.25, 0.3) is 5.91 Å². The molecule has 2 aromatic carbocycles. The first-order valence-electron chi connectivity index (χ1n) is 9.16. The SMILES string of the molecule is O=C(C[C@@H]1SC(c2cc3ccccc3oc2=O)=NC1=O)Nc1ccc(OC(F)(F)F)cc1. The number of para-hydroxylation sites is 1. The number of hydrogen-bond acceptors (Lipinski definition) is 6. The number of rotatable bonds is 5. The summed E-state index contributed by atoms with van der Waals surface area (Å²) in [7, 11) is 0. The van der Waals surface area contributed by atoms with E-state index in [1.807, 2.05) is 0 Å². The van der Waals surface area contributed by atoms with E-state index in [-0.39, 0.29) is 22.7 Å². The largest absolute Gasteiger partial charge is 0.573 e. The lowest BCUT2D eigenvalue weighted by atomic mass is 10.2. The highest BCUT2D eigenvalue weighted by Gasteiger charge is 2.33. The Morgan fingerprint density at radius 1 is 1.12 bits per heavy atom. The van der Waals surface area contributed by atoms with E-state index in [0.717, 1.165) is 23.9 Å². The number of carbonyl (C=O) groups excluding carboxylic acids is 2. The molecule has 7 nitrogen and oxygen atoms in total. The zero-order valence-electron chi connectivity index (χ0n) is 16.0. The predicted molar refractivity (Wildman–Crippen MR) is 112 cm³/mol. The summed E-state index contributed by atoms with van der Waals surface area (Å²) in [5, 5.41) is 2.48. The van der Waals surface area contributed by atoms with E-state index in [2.05, 4.69) is 15.0 Å². The Hall–Kier alpha value is -3.60. The highest BCUT2D eigenvalue weighted by atomic mass is 32.2. The van der Waals surface area contributed by atoms with Gasteiger partial charge in [-0.25, -0.2) is 9.79 Å². The normalized spacial score (nSPS) is 16.2. The number of nitrogens with zero attached hydrogens (tertiary/aromatic N) is 1. The summed E-state index contributed by atoms with van der Waals surface area (Å²) in [4.78, 5) is 40.7. The van der Waals surface area contributed by atoms with Crippen LogP contribution in [0.2, 0.25) is 0 Å². The molecule has 0 aliphatic carbocycles. The third kappa shape index (κ3) is 4.99. The fraction of sp³-hybridized carbons (Fsp3) is 0.143. The van der Waals surface area contributed by atoms with E-state index in [4.69, 9.17) is 4.42 Å². The average molecular weight is 462 g/mol. The highest BCUT2D eigenvalue weighted by Crippen LogP contribution is 2.30. The zero-order chi connectivity index (χ0) is 22.9. The number of thioether (sulfide) groups is 1. The standard InChI is InChI=1S/C21H13F3N2O5S/c22-21(23,24)31-13-7-5-12(6-8-13)25-17(27)10-16-18(28)26-19(32-16)14-9-11-3-1-2-4-15(11)30-20(14)29/h1-9,16H,10H2,(H,25,27)/t16-/m0/s1. The second-order valence-corrected chi connectivity index (χ2v) is 7.86. The third-order valence-electron chi connectivity index (χ3n) is 4.36. The Labute approximate surface area is 182 Å². The molecule has 4 rings (SSSR count). The highest BCUT2D eigenvalue weighted by molar-refractivity contribution is 8.16. The second kappa shape index (κ2) is 8.50. The first-order valence-corrected chi connectivity index (χ1v) is 10.0.